The van der Waals surface area contributed by atoms with Crippen LogP contribution >= 0.6 is 11.3 Å². The maximum absolute atomic E-state index is 12.0. The van der Waals surface area contributed by atoms with Crippen LogP contribution in [0.25, 0.3) is 0 Å². The van der Waals surface area contributed by atoms with Gasteiger partial charge in [-0.2, -0.15) is 0 Å². The van der Waals surface area contributed by atoms with Gasteiger partial charge in [-0.05, 0) is 19.1 Å². The molecule has 0 aliphatic heterocycles. The largest absolute Gasteiger partial charge is 0.494 e. The Morgan fingerprint density at radius 2 is 2.24 bits per heavy atom. The standard InChI is InChI=1S/C14H17N3O3S/c1-9-8-21-14(19)17(9)6-5-13(18)16-11-4-3-10(15)7-12(11)20-2/h3-4,7-8H,5-6,15H2,1-2H3,(H,16,18). The number of aromatic nitrogens is 1. The molecule has 2 rings (SSSR count). The molecule has 1 amide bonds. The number of thiazole rings is 1. The number of nitrogens with two attached hydrogens (primary N) is 1. The van der Waals surface area contributed by atoms with Crippen molar-refractivity contribution in [2.45, 2.75) is 19.9 Å². The fourth-order valence-electron chi connectivity index (χ4n) is 1.91. The van der Waals surface area contributed by atoms with Gasteiger partial charge in [0.2, 0.25) is 5.91 Å². The van der Waals surface area contributed by atoms with Crippen LogP contribution in [0.2, 0.25) is 0 Å². The molecule has 1 aromatic carbocycles. The van der Waals surface area contributed by atoms with Crippen LogP contribution in [0.15, 0.2) is 28.4 Å². The third kappa shape index (κ3) is 3.63. The topological polar surface area (TPSA) is 86.3 Å². The second-order valence-electron chi connectivity index (χ2n) is 4.55. The first-order valence-corrected chi connectivity index (χ1v) is 7.27. The molecule has 0 saturated heterocycles. The van der Waals surface area contributed by atoms with Crippen molar-refractivity contribution < 1.29 is 9.53 Å². The molecule has 0 radical (unpaired) electrons. The minimum atomic E-state index is -0.185. The van der Waals surface area contributed by atoms with Crippen LogP contribution in [0.1, 0.15) is 12.1 Å². The monoisotopic (exact) mass is 307 g/mol. The lowest BCUT2D eigenvalue weighted by atomic mass is 10.2. The van der Waals surface area contributed by atoms with Crippen LogP contribution in [-0.2, 0) is 11.3 Å². The summed E-state index contributed by atoms with van der Waals surface area (Å²) in [5, 5.41) is 4.54. The molecule has 21 heavy (non-hydrogen) atoms. The highest BCUT2D eigenvalue weighted by molar-refractivity contribution is 7.07. The smallest absolute Gasteiger partial charge is 0.307 e. The SMILES string of the molecule is COc1cc(N)ccc1NC(=O)CCn1c(C)csc1=O. The lowest BCUT2D eigenvalue weighted by Crippen LogP contribution is -2.20. The molecule has 0 fully saturated rings. The number of carbonyl (C=O) groups excluding carboxylic acids is 1. The van der Waals surface area contributed by atoms with Crippen LogP contribution in [0.3, 0.4) is 0 Å². The van der Waals surface area contributed by atoms with Crippen molar-refractivity contribution in [3.63, 3.8) is 0 Å². The van der Waals surface area contributed by atoms with Gasteiger partial charge in [-0.1, -0.05) is 11.3 Å². The number of hydrogen-bond donors (Lipinski definition) is 2. The second-order valence-corrected chi connectivity index (χ2v) is 5.37. The molecule has 0 unspecified atom stereocenters. The number of carbonyl (C=O) groups is 1. The first-order chi connectivity index (χ1) is 10.0. The summed E-state index contributed by atoms with van der Waals surface area (Å²) in [5.74, 6) is 0.322. The average Bonchev–Trinajstić information content (AvgIpc) is 2.77. The first kappa shape index (κ1) is 15.1. The summed E-state index contributed by atoms with van der Waals surface area (Å²) in [5.41, 5.74) is 7.65. The van der Waals surface area contributed by atoms with E-state index in [-0.39, 0.29) is 17.2 Å². The zero-order chi connectivity index (χ0) is 15.4. The van der Waals surface area contributed by atoms with Gasteiger partial charge in [-0.3, -0.25) is 9.59 Å². The van der Waals surface area contributed by atoms with E-state index in [1.807, 2.05) is 6.92 Å². The highest BCUT2D eigenvalue weighted by atomic mass is 32.1. The molecule has 0 aliphatic carbocycles. The van der Waals surface area contributed by atoms with E-state index in [1.165, 1.54) is 7.11 Å². The van der Waals surface area contributed by atoms with Crippen LogP contribution in [0, 0.1) is 6.92 Å². The van der Waals surface area contributed by atoms with E-state index in [0.717, 1.165) is 17.0 Å². The molecule has 2 aromatic rings. The van der Waals surface area contributed by atoms with E-state index in [4.69, 9.17) is 10.5 Å². The molecule has 0 bridgehead atoms. The Morgan fingerprint density at radius 1 is 1.48 bits per heavy atom. The van der Waals surface area contributed by atoms with Gasteiger partial charge < -0.3 is 20.4 Å². The van der Waals surface area contributed by atoms with Gasteiger partial charge in [0, 0.05) is 35.8 Å². The zero-order valence-electron chi connectivity index (χ0n) is 11.9. The van der Waals surface area contributed by atoms with Gasteiger partial charge >= 0.3 is 4.87 Å². The van der Waals surface area contributed by atoms with E-state index < -0.39 is 0 Å². The zero-order valence-corrected chi connectivity index (χ0v) is 12.7. The lowest BCUT2D eigenvalue weighted by Gasteiger charge is -2.11. The Balaban J connectivity index is 2.01. The fourth-order valence-corrected chi connectivity index (χ4v) is 2.67. The second kappa shape index (κ2) is 6.45. The predicted octanol–water partition coefficient (Wildman–Crippen LogP) is 1.84. The van der Waals surface area contributed by atoms with Crippen LogP contribution < -0.4 is 20.7 Å². The van der Waals surface area contributed by atoms with Crippen LogP contribution in [0.4, 0.5) is 11.4 Å². The van der Waals surface area contributed by atoms with Gasteiger partial charge in [0.15, 0.2) is 0 Å². The molecule has 0 saturated carbocycles. The summed E-state index contributed by atoms with van der Waals surface area (Å²) < 4.78 is 6.76. The third-order valence-corrected chi connectivity index (χ3v) is 3.92. The van der Waals surface area contributed by atoms with Crippen LogP contribution in [0.5, 0.6) is 5.75 Å². The summed E-state index contributed by atoms with van der Waals surface area (Å²) >= 11 is 1.14. The third-order valence-electron chi connectivity index (χ3n) is 3.04. The number of nitrogens with zero attached hydrogens (tertiary/aromatic N) is 1. The Kier molecular flexibility index (Phi) is 4.64. The molecule has 7 heteroatoms. The van der Waals surface area contributed by atoms with Gasteiger partial charge in [-0.25, -0.2) is 0 Å². The number of rotatable bonds is 5. The number of methoxy groups -OCH3 is 1. The minimum Gasteiger partial charge on any atom is -0.494 e. The number of amides is 1. The quantitative estimate of drug-likeness (QED) is 0.825. The van der Waals surface area contributed by atoms with Crippen molar-refractivity contribution in [1.82, 2.24) is 4.57 Å². The van der Waals surface area contributed by atoms with Gasteiger partial charge in [0.25, 0.3) is 0 Å². The Labute approximate surface area is 126 Å². The lowest BCUT2D eigenvalue weighted by molar-refractivity contribution is -0.116. The number of anilines is 2. The van der Waals surface area contributed by atoms with Crippen molar-refractivity contribution in [1.29, 1.82) is 0 Å². The van der Waals surface area contributed by atoms with Crippen LogP contribution in [-0.4, -0.2) is 17.6 Å². The first-order valence-electron chi connectivity index (χ1n) is 6.39. The number of nitrogen functional groups attached to an aromatic ring is 1. The molecule has 0 atom stereocenters. The van der Waals surface area contributed by atoms with Crippen molar-refractivity contribution in [3.8, 4) is 5.75 Å². The number of ether oxygens (including phenoxy) is 1. The molecule has 1 aromatic heterocycles. The molecule has 6 nitrogen and oxygen atoms in total. The fraction of sp³-hybridized carbons (Fsp3) is 0.286. The van der Waals surface area contributed by atoms with Crippen molar-refractivity contribution >= 4 is 28.6 Å². The molecular formula is C14H17N3O3S. The summed E-state index contributed by atoms with van der Waals surface area (Å²) in [6.45, 7) is 2.20. The maximum Gasteiger partial charge on any atom is 0.307 e. The Morgan fingerprint density at radius 3 is 2.86 bits per heavy atom. The van der Waals surface area contributed by atoms with E-state index in [1.54, 1.807) is 28.1 Å². The highest BCUT2D eigenvalue weighted by Gasteiger charge is 2.10. The maximum atomic E-state index is 12.0. The number of hydrogen-bond acceptors (Lipinski definition) is 5. The predicted molar refractivity (Wildman–Crippen MR) is 84.0 cm³/mol. The molecule has 0 spiro atoms. The number of nitrogens with one attached hydrogen (secondary N) is 1. The average molecular weight is 307 g/mol. The minimum absolute atomic E-state index is 0.0506. The van der Waals surface area contributed by atoms with Crippen molar-refractivity contribution in [2.24, 2.45) is 0 Å². The van der Waals surface area contributed by atoms with E-state index >= 15 is 0 Å². The Bertz CT molecular complexity index is 706. The molecule has 1 heterocycles. The van der Waals surface area contributed by atoms with Crippen molar-refractivity contribution in [3.05, 3.63) is 38.9 Å². The number of aryl methyl sites for hydroxylation is 1. The van der Waals surface area contributed by atoms with Crippen molar-refractivity contribution in [2.75, 3.05) is 18.2 Å². The highest BCUT2D eigenvalue weighted by Crippen LogP contribution is 2.26. The summed E-state index contributed by atoms with van der Waals surface area (Å²) in [6, 6.07) is 5.02. The van der Waals surface area contributed by atoms with E-state index in [2.05, 4.69) is 5.32 Å². The molecule has 112 valence electrons. The summed E-state index contributed by atoms with van der Waals surface area (Å²) in [6.07, 6.45) is 0.213. The van der Waals surface area contributed by atoms with E-state index in [0.29, 0.717) is 23.7 Å². The summed E-state index contributed by atoms with van der Waals surface area (Å²) in [4.78, 5) is 23.5. The van der Waals surface area contributed by atoms with Gasteiger partial charge in [-0.15, -0.1) is 0 Å². The normalized spacial score (nSPS) is 10.4. The number of benzene rings is 1. The van der Waals surface area contributed by atoms with Gasteiger partial charge in [0.1, 0.15) is 5.75 Å². The molecule has 3 N–H and O–H groups in total. The molecule has 0 aliphatic rings. The Hall–Kier alpha value is -2.28. The summed E-state index contributed by atoms with van der Waals surface area (Å²) in [7, 11) is 1.51. The van der Waals surface area contributed by atoms with Gasteiger partial charge in [0.05, 0.1) is 12.8 Å². The van der Waals surface area contributed by atoms with E-state index in [9.17, 15) is 9.59 Å². The molecular weight excluding hydrogens is 290 g/mol.